The molecule has 1 aliphatic carbocycles. The molecule has 0 unspecified atom stereocenters. The molecule has 5 heteroatoms. The molecule has 0 radical (unpaired) electrons. The van der Waals surface area contributed by atoms with Gasteiger partial charge in [-0.3, -0.25) is 4.90 Å². The third-order valence-corrected chi connectivity index (χ3v) is 6.05. The number of hydrogen-bond acceptors (Lipinski definition) is 5. The summed E-state index contributed by atoms with van der Waals surface area (Å²) in [7, 11) is 2.17. The topological polar surface area (TPSA) is 32.3 Å². The quantitative estimate of drug-likeness (QED) is 0.841. The van der Waals surface area contributed by atoms with Crippen LogP contribution in [0.2, 0.25) is 0 Å². The zero-order valence-electron chi connectivity index (χ0n) is 13.7. The second-order valence-corrected chi connectivity index (χ2v) is 7.65. The normalized spacial score (nSPS) is 19.9. The van der Waals surface area contributed by atoms with Crippen molar-refractivity contribution < 1.29 is 0 Å². The Bertz CT molecular complexity index is 629. The lowest BCUT2D eigenvalue weighted by molar-refractivity contribution is 0.201. The summed E-state index contributed by atoms with van der Waals surface area (Å²) >= 11 is 1.86. The van der Waals surface area contributed by atoms with E-state index in [1.165, 1.54) is 36.4 Å². The van der Waals surface area contributed by atoms with Gasteiger partial charge >= 0.3 is 0 Å². The molecule has 0 spiro atoms. The third-order valence-electron chi connectivity index (χ3n) is 5.00. The predicted molar refractivity (Wildman–Crippen MR) is 95.0 cm³/mol. The first kappa shape index (κ1) is 15.1. The molecule has 0 atom stereocenters. The van der Waals surface area contributed by atoms with Crippen LogP contribution in [0.5, 0.6) is 0 Å². The van der Waals surface area contributed by atoms with Crippen molar-refractivity contribution in [3.8, 4) is 0 Å². The Hall–Kier alpha value is -1.46. The molecular weight excluding hydrogens is 304 g/mol. The van der Waals surface area contributed by atoms with Gasteiger partial charge < -0.3 is 4.90 Å². The van der Waals surface area contributed by atoms with Crippen LogP contribution < -0.4 is 4.90 Å². The maximum atomic E-state index is 4.82. The van der Waals surface area contributed by atoms with E-state index in [-0.39, 0.29) is 0 Å². The summed E-state index contributed by atoms with van der Waals surface area (Å²) in [6.45, 7) is 3.32. The van der Waals surface area contributed by atoms with E-state index >= 15 is 0 Å². The minimum atomic E-state index is 0.596. The monoisotopic (exact) mass is 328 g/mol. The summed E-state index contributed by atoms with van der Waals surface area (Å²) in [6.07, 6.45) is 6.97. The number of likely N-dealkylation sites (tertiary alicyclic amines) is 1. The van der Waals surface area contributed by atoms with Crippen LogP contribution in [0.1, 0.15) is 42.3 Å². The Morgan fingerprint density at radius 1 is 1.22 bits per heavy atom. The van der Waals surface area contributed by atoms with Gasteiger partial charge in [0.15, 0.2) is 0 Å². The maximum Gasteiger partial charge on any atom is 0.128 e. The number of thiazole rings is 1. The van der Waals surface area contributed by atoms with E-state index in [4.69, 9.17) is 4.98 Å². The fourth-order valence-electron chi connectivity index (χ4n) is 3.36. The lowest BCUT2D eigenvalue weighted by Gasteiger charge is -2.37. The fourth-order valence-corrected chi connectivity index (χ4v) is 4.34. The molecule has 4 nitrogen and oxygen atoms in total. The highest BCUT2D eigenvalue weighted by Gasteiger charge is 2.27. The van der Waals surface area contributed by atoms with Crippen LogP contribution in [0.4, 0.5) is 5.82 Å². The van der Waals surface area contributed by atoms with E-state index in [2.05, 4.69) is 39.3 Å². The van der Waals surface area contributed by atoms with Crippen molar-refractivity contribution in [3.05, 3.63) is 40.5 Å². The molecule has 0 amide bonds. The molecule has 0 bridgehead atoms. The summed E-state index contributed by atoms with van der Waals surface area (Å²) in [6, 6.07) is 6.73. The Morgan fingerprint density at radius 2 is 2.04 bits per heavy atom. The van der Waals surface area contributed by atoms with Gasteiger partial charge in [0.1, 0.15) is 5.82 Å². The predicted octanol–water partition coefficient (Wildman–Crippen LogP) is 3.52. The molecule has 2 aromatic heterocycles. The number of piperidine rings is 1. The van der Waals surface area contributed by atoms with Gasteiger partial charge in [0, 0.05) is 50.2 Å². The van der Waals surface area contributed by atoms with Gasteiger partial charge in [-0.05, 0) is 37.8 Å². The molecule has 2 aliphatic rings. The summed E-state index contributed by atoms with van der Waals surface area (Å²) < 4.78 is 0. The van der Waals surface area contributed by atoms with Crippen LogP contribution in [0.15, 0.2) is 29.8 Å². The van der Waals surface area contributed by atoms with E-state index in [9.17, 15) is 0 Å². The zero-order valence-corrected chi connectivity index (χ0v) is 14.5. The lowest BCUT2D eigenvalue weighted by Crippen LogP contribution is -2.43. The first-order chi connectivity index (χ1) is 11.3. The molecule has 2 aromatic rings. The van der Waals surface area contributed by atoms with E-state index in [0.29, 0.717) is 6.04 Å². The van der Waals surface area contributed by atoms with Crippen molar-refractivity contribution in [1.29, 1.82) is 0 Å². The Labute approximate surface area is 142 Å². The van der Waals surface area contributed by atoms with Gasteiger partial charge in [0.2, 0.25) is 0 Å². The summed E-state index contributed by atoms with van der Waals surface area (Å²) in [4.78, 5) is 14.2. The summed E-state index contributed by atoms with van der Waals surface area (Å²) in [5.41, 5.74) is 1.27. The van der Waals surface area contributed by atoms with Crippen molar-refractivity contribution in [2.75, 3.05) is 25.0 Å². The summed E-state index contributed by atoms with van der Waals surface area (Å²) in [5.74, 6) is 1.87. The number of hydrogen-bond donors (Lipinski definition) is 0. The van der Waals surface area contributed by atoms with Gasteiger partial charge in [-0.25, -0.2) is 9.97 Å². The molecule has 2 fully saturated rings. The average molecular weight is 328 g/mol. The van der Waals surface area contributed by atoms with Gasteiger partial charge in [-0.1, -0.05) is 6.07 Å². The molecule has 1 saturated heterocycles. The SMILES string of the molecule is CN(c1ccccn1)C1CCN(Cc2csc(C3CC3)n2)CC1. The van der Waals surface area contributed by atoms with Gasteiger partial charge in [0.05, 0.1) is 10.7 Å². The van der Waals surface area contributed by atoms with Crippen LogP contribution in [0, 0.1) is 0 Å². The van der Waals surface area contributed by atoms with E-state index in [1.807, 2.05) is 23.6 Å². The first-order valence-electron chi connectivity index (χ1n) is 8.60. The van der Waals surface area contributed by atoms with Gasteiger partial charge in [-0.15, -0.1) is 11.3 Å². The maximum absolute atomic E-state index is 4.82. The number of rotatable bonds is 5. The Balaban J connectivity index is 1.30. The van der Waals surface area contributed by atoms with Crippen molar-refractivity contribution >= 4 is 17.2 Å². The lowest BCUT2D eigenvalue weighted by atomic mass is 10.0. The highest BCUT2D eigenvalue weighted by molar-refractivity contribution is 7.09. The second-order valence-electron chi connectivity index (χ2n) is 6.76. The third kappa shape index (κ3) is 3.56. The molecule has 4 rings (SSSR count). The number of anilines is 1. The van der Waals surface area contributed by atoms with Crippen LogP contribution in [0.25, 0.3) is 0 Å². The molecular formula is C18H24N4S. The van der Waals surface area contributed by atoms with E-state index < -0.39 is 0 Å². The second kappa shape index (κ2) is 6.57. The van der Waals surface area contributed by atoms with Crippen LogP contribution >= 0.6 is 11.3 Å². The van der Waals surface area contributed by atoms with Gasteiger partial charge in [-0.2, -0.15) is 0 Å². The van der Waals surface area contributed by atoms with Crippen LogP contribution in [-0.4, -0.2) is 41.0 Å². The number of pyridine rings is 1. The highest BCUT2D eigenvalue weighted by atomic mass is 32.1. The Kier molecular flexibility index (Phi) is 4.31. The molecule has 122 valence electrons. The minimum absolute atomic E-state index is 0.596. The van der Waals surface area contributed by atoms with Gasteiger partial charge in [0.25, 0.3) is 0 Å². The van der Waals surface area contributed by atoms with Crippen LogP contribution in [0.3, 0.4) is 0 Å². The number of aromatic nitrogens is 2. The smallest absolute Gasteiger partial charge is 0.128 e. The molecule has 3 heterocycles. The largest absolute Gasteiger partial charge is 0.357 e. The van der Waals surface area contributed by atoms with E-state index in [0.717, 1.165) is 31.4 Å². The van der Waals surface area contributed by atoms with E-state index in [1.54, 1.807) is 0 Å². The number of nitrogens with zero attached hydrogens (tertiary/aromatic N) is 4. The molecule has 1 saturated carbocycles. The summed E-state index contributed by atoms with van der Waals surface area (Å²) in [5, 5.41) is 3.63. The molecule has 0 aromatic carbocycles. The highest BCUT2D eigenvalue weighted by Crippen LogP contribution is 2.41. The molecule has 0 N–H and O–H groups in total. The van der Waals surface area contributed by atoms with Crippen LogP contribution in [-0.2, 0) is 6.54 Å². The molecule has 1 aliphatic heterocycles. The standard InChI is InChI=1S/C18H24N4S/c1-21(17-4-2-3-9-19-17)16-7-10-22(11-8-16)12-15-13-23-18(20-15)14-5-6-14/h2-4,9,13-14,16H,5-8,10-12H2,1H3. The zero-order chi connectivity index (χ0) is 15.6. The molecule has 23 heavy (non-hydrogen) atoms. The average Bonchev–Trinajstić information content (AvgIpc) is 3.36. The Morgan fingerprint density at radius 3 is 2.74 bits per heavy atom. The van der Waals surface area contributed by atoms with Crippen molar-refractivity contribution in [2.24, 2.45) is 0 Å². The van der Waals surface area contributed by atoms with Crippen molar-refractivity contribution in [1.82, 2.24) is 14.9 Å². The van der Waals surface area contributed by atoms with Crippen molar-refractivity contribution in [2.45, 2.75) is 44.2 Å². The first-order valence-corrected chi connectivity index (χ1v) is 9.48. The van der Waals surface area contributed by atoms with Crippen molar-refractivity contribution in [3.63, 3.8) is 0 Å². The fraction of sp³-hybridized carbons (Fsp3) is 0.556. The minimum Gasteiger partial charge on any atom is -0.357 e.